The minimum Gasteiger partial charge on any atom is -0.493 e. The SMILES string of the molecule is CCc1nn(-c2ccccc2)c2nc(-c3ccccc3)nc(S[C@@H](C)C(=O)Nc3ccc(OC)c(OC)c3)c12. The van der Waals surface area contributed by atoms with E-state index in [1.54, 1.807) is 32.4 Å². The van der Waals surface area contributed by atoms with E-state index in [0.717, 1.165) is 22.3 Å². The molecule has 0 aliphatic heterocycles. The van der Waals surface area contributed by atoms with Crippen LogP contribution in [0.25, 0.3) is 28.1 Å². The number of methoxy groups -OCH3 is 2. The molecule has 5 rings (SSSR count). The van der Waals surface area contributed by atoms with Crippen LogP contribution in [-0.2, 0) is 11.2 Å². The Bertz CT molecular complexity index is 1610. The van der Waals surface area contributed by atoms with Crippen LogP contribution in [0.3, 0.4) is 0 Å². The molecule has 198 valence electrons. The Kier molecular flexibility index (Phi) is 7.79. The van der Waals surface area contributed by atoms with Crippen LogP contribution in [0, 0.1) is 0 Å². The highest BCUT2D eigenvalue weighted by Crippen LogP contribution is 2.35. The van der Waals surface area contributed by atoms with E-state index in [0.29, 0.717) is 40.1 Å². The zero-order valence-electron chi connectivity index (χ0n) is 22.2. The van der Waals surface area contributed by atoms with Gasteiger partial charge in [0.25, 0.3) is 0 Å². The number of benzene rings is 3. The predicted molar refractivity (Wildman–Crippen MR) is 155 cm³/mol. The van der Waals surface area contributed by atoms with Crippen molar-refractivity contribution < 1.29 is 14.3 Å². The van der Waals surface area contributed by atoms with Crippen LogP contribution in [0.2, 0.25) is 0 Å². The van der Waals surface area contributed by atoms with Crippen molar-refractivity contribution in [2.75, 3.05) is 19.5 Å². The Morgan fingerprint density at radius 1 is 0.949 bits per heavy atom. The van der Waals surface area contributed by atoms with E-state index in [9.17, 15) is 4.79 Å². The fourth-order valence-corrected chi connectivity index (χ4v) is 5.20. The van der Waals surface area contributed by atoms with Gasteiger partial charge in [0.2, 0.25) is 5.91 Å². The molecule has 1 amide bonds. The van der Waals surface area contributed by atoms with E-state index in [-0.39, 0.29) is 5.91 Å². The normalized spacial score (nSPS) is 11.8. The first-order valence-electron chi connectivity index (χ1n) is 12.6. The lowest BCUT2D eigenvalue weighted by Gasteiger charge is -2.15. The first kappa shape index (κ1) is 26.2. The number of anilines is 1. The van der Waals surface area contributed by atoms with Gasteiger partial charge in [0, 0.05) is 17.3 Å². The van der Waals surface area contributed by atoms with Crippen LogP contribution < -0.4 is 14.8 Å². The highest BCUT2D eigenvalue weighted by molar-refractivity contribution is 8.00. The summed E-state index contributed by atoms with van der Waals surface area (Å²) >= 11 is 1.39. The fraction of sp³-hybridized carbons (Fsp3) is 0.200. The number of para-hydroxylation sites is 1. The number of nitrogens with zero attached hydrogens (tertiary/aromatic N) is 4. The molecule has 2 aromatic heterocycles. The number of hydrogen-bond acceptors (Lipinski definition) is 7. The molecule has 0 unspecified atom stereocenters. The average molecular weight is 540 g/mol. The maximum Gasteiger partial charge on any atom is 0.237 e. The summed E-state index contributed by atoms with van der Waals surface area (Å²) in [6, 6.07) is 25.1. The maximum absolute atomic E-state index is 13.3. The van der Waals surface area contributed by atoms with E-state index in [4.69, 9.17) is 24.5 Å². The molecule has 0 saturated heterocycles. The Balaban J connectivity index is 1.54. The van der Waals surface area contributed by atoms with Gasteiger partial charge in [0.05, 0.1) is 36.2 Å². The number of carbonyl (C=O) groups excluding carboxylic acids is 1. The molecule has 1 atom stereocenters. The Labute approximate surface area is 231 Å². The molecule has 39 heavy (non-hydrogen) atoms. The molecule has 0 aliphatic rings. The quantitative estimate of drug-likeness (QED) is 0.177. The summed E-state index contributed by atoms with van der Waals surface area (Å²) in [5.41, 5.74) is 4.01. The molecule has 8 nitrogen and oxygen atoms in total. The number of aromatic nitrogens is 4. The predicted octanol–water partition coefficient (Wildman–Crippen LogP) is 6.18. The third kappa shape index (κ3) is 5.44. The number of carbonyl (C=O) groups is 1. The standard InChI is InChI=1S/C30H29N5O3S/c1-5-23-26-28(35(34-23)22-14-10-7-11-15-22)32-27(20-12-8-6-9-13-20)33-30(26)39-19(2)29(36)31-21-16-17-24(37-3)25(18-21)38-4/h6-19H,5H2,1-4H3,(H,31,36)/t19-/m0/s1. The second-order valence-electron chi connectivity index (χ2n) is 8.78. The molecule has 1 N–H and O–H groups in total. The van der Waals surface area contributed by atoms with Crippen LogP contribution >= 0.6 is 11.8 Å². The van der Waals surface area contributed by atoms with Gasteiger partial charge >= 0.3 is 0 Å². The molecule has 0 radical (unpaired) electrons. The molecule has 0 bridgehead atoms. The van der Waals surface area contributed by atoms with Crippen LogP contribution in [0.4, 0.5) is 5.69 Å². The Morgan fingerprint density at radius 2 is 1.64 bits per heavy atom. The molecule has 0 spiro atoms. The number of rotatable bonds is 9. The number of nitrogens with one attached hydrogen (secondary N) is 1. The topological polar surface area (TPSA) is 91.2 Å². The van der Waals surface area contributed by atoms with Crippen molar-refractivity contribution in [3.63, 3.8) is 0 Å². The molecule has 2 heterocycles. The van der Waals surface area contributed by atoms with E-state index in [1.807, 2.05) is 72.3 Å². The highest BCUT2D eigenvalue weighted by Gasteiger charge is 2.24. The van der Waals surface area contributed by atoms with Gasteiger partial charge in [-0.2, -0.15) is 5.10 Å². The van der Waals surface area contributed by atoms with Crippen LogP contribution in [0.15, 0.2) is 83.9 Å². The molecule has 0 fully saturated rings. The van der Waals surface area contributed by atoms with Crippen molar-refractivity contribution >= 4 is 34.4 Å². The second kappa shape index (κ2) is 11.6. The molecular weight excluding hydrogens is 510 g/mol. The summed E-state index contributed by atoms with van der Waals surface area (Å²) < 4.78 is 12.5. The smallest absolute Gasteiger partial charge is 0.237 e. The number of fused-ring (bicyclic) bond motifs is 1. The first-order valence-corrected chi connectivity index (χ1v) is 13.5. The van der Waals surface area contributed by atoms with Crippen molar-refractivity contribution in [3.8, 4) is 28.6 Å². The van der Waals surface area contributed by atoms with Crippen molar-refractivity contribution in [1.82, 2.24) is 19.7 Å². The van der Waals surface area contributed by atoms with Gasteiger partial charge in [-0.15, -0.1) is 0 Å². The van der Waals surface area contributed by atoms with Crippen molar-refractivity contribution in [2.24, 2.45) is 0 Å². The largest absolute Gasteiger partial charge is 0.493 e. The maximum atomic E-state index is 13.3. The molecular formula is C30H29N5O3S. The van der Waals surface area contributed by atoms with Crippen LogP contribution in [0.5, 0.6) is 11.5 Å². The van der Waals surface area contributed by atoms with Gasteiger partial charge in [-0.3, -0.25) is 4.79 Å². The molecule has 3 aromatic carbocycles. The minimum atomic E-state index is -0.454. The van der Waals surface area contributed by atoms with Crippen molar-refractivity contribution in [2.45, 2.75) is 30.5 Å². The zero-order chi connectivity index (χ0) is 27.4. The summed E-state index contributed by atoms with van der Waals surface area (Å²) in [5, 5.41) is 9.01. The number of aryl methyl sites for hydroxylation is 1. The molecule has 0 aliphatic carbocycles. The summed E-state index contributed by atoms with van der Waals surface area (Å²) in [5.74, 6) is 1.56. The van der Waals surface area contributed by atoms with Crippen molar-refractivity contribution in [1.29, 1.82) is 0 Å². The van der Waals surface area contributed by atoms with Crippen LogP contribution in [0.1, 0.15) is 19.5 Å². The summed E-state index contributed by atoms with van der Waals surface area (Å²) in [4.78, 5) is 23.2. The number of amides is 1. The van der Waals surface area contributed by atoms with Gasteiger partial charge in [-0.1, -0.05) is 67.2 Å². The third-order valence-electron chi connectivity index (χ3n) is 6.24. The molecule has 5 aromatic rings. The lowest BCUT2D eigenvalue weighted by atomic mass is 10.2. The van der Waals surface area contributed by atoms with Gasteiger partial charge in [0.1, 0.15) is 5.03 Å². The summed E-state index contributed by atoms with van der Waals surface area (Å²) in [6.07, 6.45) is 0.699. The lowest BCUT2D eigenvalue weighted by molar-refractivity contribution is -0.115. The second-order valence-corrected chi connectivity index (χ2v) is 10.1. The van der Waals surface area contributed by atoms with Gasteiger partial charge in [0.15, 0.2) is 23.0 Å². The van der Waals surface area contributed by atoms with Gasteiger partial charge in [-0.05, 0) is 37.6 Å². The zero-order valence-corrected chi connectivity index (χ0v) is 23.0. The fourth-order valence-electron chi connectivity index (χ4n) is 4.23. The van der Waals surface area contributed by atoms with E-state index in [2.05, 4.69) is 12.2 Å². The Hall–Kier alpha value is -4.37. The van der Waals surface area contributed by atoms with E-state index < -0.39 is 5.25 Å². The first-order chi connectivity index (χ1) is 19.0. The highest BCUT2D eigenvalue weighted by atomic mass is 32.2. The number of thioether (sulfide) groups is 1. The molecule has 9 heteroatoms. The third-order valence-corrected chi connectivity index (χ3v) is 7.33. The van der Waals surface area contributed by atoms with E-state index in [1.165, 1.54) is 11.8 Å². The monoisotopic (exact) mass is 539 g/mol. The number of hydrogen-bond donors (Lipinski definition) is 1. The Morgan fingerprint density at radius 3 is 2.31 bits per heavy atom. The molecule has 0 saturated carbocycles. The summed E-state index contributed by atoms with van der Waals surface area (Å²) in [6.45, 7) is 3.92. The number of ether oxygens (including phenoxy) is 2. The van der Waals surface area contributed by atoms with Gasteiger partial charge < -0.3 is 14.8 Å². The van der Waals surface area contributed by atoms with Crippen LogP contribution in [-0.4, -0.2) is 45.1 Å². The summed E-state index contributed by atoms with van der Waals surface area (Å²) in [7, 11) is 3.14. The van der Waals surface area contributed by atoms with Gasteiger partial charge in [-0.25, -0.2) is 14.6 Å². The van der Waals surface area contributed by atoms with Crippen molar-refractivity contribution in [3.05, 3.63) is 84.6 Å². The average Bonchev–Trinajstić information content (AvgIpc) is 3.37. The van der Waals surface area contributed by atoms with E-state index >= 15 is 0 Å². The lowest BCUT2D eigenvalue weighted by Crippen LogP contribution is -2.22. The minimum absolute atomic E-state index is 0.159.